The molecular formula is C22H22N4O2. The summed E-state index contributed by atoms with van der Waals surface area (Å²) in [4.78, 5) is 25.4. The third-order valence-electron chi connectivity index (χ3n) is 4.22. The molecule has 0 radical (unpaired) electrons. The van der Waals surface area contributed by atoms with Crippen LogP contribution in [0.2, 0.25) is 0 Å². The van der Waals surface area contributed by atoms with Gasteiger partial charge < -0.3 is 9.88 Å². The number of rotatable bonds is 5. The molecular weight excluding hydrogens is 352 g/mol. The standard InChI is InChI=1S/C22H22N4O2/c1-5-16(13-12-15(2)3)26-21(27)18-10-7-6-9-17(18)20(24-26)23-19-11-8-14-25(4)22(19)28/h5-14H,1H2,2-4H3,(H,23,24)/b16-13+. The summed E-state index contributed by atoms with van der Waals surface area (Å²) in [5.41, 5.74) is 1.56. The van der Waals surface area contributed by atoms with Crippen molar-refractivity contribution in [1.29, 1.82) is 0 Å². The van der Waals surface area contributed by atoms with Gasteiger partial charge in [-0.2, -0.15) is 4.68 Å². The van der Waals surface area contributed by atoms with Gasteiger partial charge in [-0.25, -0.2) is 0 Å². The number of pyridine rings is 1. The van der Waals surface area contributed by atoms with Crippen LogP contribution in [0.15, 0.2) is 82.6 Å². The molecule has 0 bridgehead atoms. The topological polar surface area (TPSA) is 68.9 Å². The van der Waals surface area contributed by atoms with E-state index in [-0.39, 0.29) is 11.1 Å². The molecule has 0 aliphatic heterocycles. The van der Waals surface area contributed by atoms with Crippen molar-refractivity contribution >= 4 is 28.0 Å². The van der Waals surface area contributed by atoms with Gasteiger partial charge >= 0.3 is 0 Å². The quantitative estimate of drug-likeness (QED) is 0.689. The molecule has 0 amide bonds. The van der Waals surface area contributed by atoms with Crippen LogP contribution in [0, 0.1) is 0 Å². The van der Waals surface area contributed by atoms with Crippen molar-refractivity contribution in [3.63, 3.8) is 0 Å². The predicted octanol–water partition coefficient (Wildman–Crippen LogP) is 3.83. The Bertz CT molecular complexity index is 1230. The van der Waals surface area contributed by atoms with Crippen LogP contribution < -0.4 is 16.4 Å². The van der Waals surface area contributed by atoms with Gasteiger partial charge in [-0.05, 0) is 44.2 Å². The Morgan fingerprint density at radius 2 is 1.75 bits per heavy atom. The monoisotopic (exact) mass is 374 g/mol. The highest BCUT2D eigenvalue weighted by molar-refractivity contribution is 5.93. The fourth-order valence-electron chi connectivity index (χ4n) is 2.75. The van der Waals surface area contributed by atoms with Gasteiger partial charge in [0, 0.05) is 18.6 Å². The Balaban J connectivity index is 2.27. The molecule has 6 nitrogen and oxygen atoms in total. The van der Waals surface area contributed by atoms with Gasteiger partial charge in [-0.1, -0.05) is 36.4 Å². The zero-order valence-corrected chi connectivity index (χ0v) is 16.1. The molecule has 2 heterocycles. The molecule has 0 aliphatic rings. The number of anilines is 2. The number of hydrogen-bond donors (Lipinski definition) is 1. The minimum absolute atomic E-state index is 0.185. The fraction of sp³-hybridized carbons (Fsp3) is 0.136. The molecule has 1 aromatic carbocycles. The first-order valence-corrected chi connectivity index (χ1v) is 8.85. The number of fused-ring (bicyclic) bond motifs is 1. The number of allylic oxidation sites excluding steroid dienone is 5. The van der Waals surface area contributed by atoms with Gasteiger partial charge in [-0.3, -0.25) is 9.59 Å². The first kappa shape index (κ1) is 19.1. The lowest BCUT2D eigenvalue weighted by Gasteiger charge is -2.13. The van der Waals surface area contributed by atoms with E-state index in [2.05, 4.69) is 17.0 Å². The normalized spacial score (nSPS) is 11.3. The van der Waals surface area contributed by atoms with Crippen molar-refractivity contribution in [2.45, 2.75) is 13.8 Å². The summed E-state index contributed by atoms with van der Waals surface area (Å²) < 4.78 is 2.77. The molecule has 3 aromatic rings. The summed E-state index contributed by atoms with van der Waals surface area (Å²) in [7, 11) is 1.68. The summed E-state index contributed by atoms with van der Waals surface area (Å²) in [5, 5.41) is 8.72. The Hall–Kier alpha value is -3.67. The zero-order chi connectivity index (χ0) is 20.3. The fourth-order valence-corrected chi connectivity index (χ4v) is 2.75. The van der Waals surface area contributed by atoms with Crippen LogP contribution in [0.25, 0.3) is 16.5 Å². The van der Waals surface area contributed by atoms with Gasteiger partial charge in [-0.15, -0.1) is 5.10 Å². The number of benzene rings is 1. The molecule has 6 heteroatoms. The van der Waals surface area contributed by atoms with Crippen LogP contribution in [0.5, 0.6) is 0 Å². The Morgan fingerprint density at radius 1 is 1.04 bits per heavy atom. The molecule has 142 valence electrons. The highest BCUT2D eigenvalue weighted by atomic mass is 16.1. The van der Waals surface area contributed by atoms with Crippen molar-refractivity contribution in [2.24, 2.45) is 7.05 Å². The average Bonchev–Trinajstić information content (AvgIpc) is 2.68. The molecule has 1 N–H and O–H groups in total. The highest BCUT2D eigenvalue weighted by Crippen LogP contribution is 2.21. The zero-order valence-electron chi connectivity index (χ0n) is 16.1. The highest BCUT2D eigenvalue weighted by Gasteiger charge is 2.13. The van der Waals surface area contributed by atoms with Gasteiger partial charge in [0.05, 0.1) is 11.1 Å². The Kier molecular flexibility index (Phi) is 5.40. The van der Waals surface area contributed by atoms with Crippen LogP contribution >= 0.6 is 0 Å². The summed E-state index contributed by atoms with van der Waals surface area (Å²) in [5.74, 6) is 0.420. The Morgan fingerprint density at radius 3 is 2.43 bits per heavy atom. The van der Waals surface area contributed by atoms with Gasteiger partial charge in [0.1, 0.15) is 5.69 Å². The molecule has 0 unspecified atom stereocenters. The predicted molar refractivity (Wildman–Crippen MR) is 115 cm³/mol. The summed E-state index contributed by atoms with van der Waals surface area (Å²) in [6, 6.07) is 10.6. The maximum absolute atomic E-state index is 13.0. The maximum atomic E-state index is 13.0. The van der Waals surface area contributed by atoms with E-state index in [0.29, 0.717) is 28.0 Å². The van der Waals surface area contributed by atoms with Gasteiger partial charge in [0.2, 0.25) is 0 Å². The first-order chi connectivity index (χ1) is 13.4. The number of nitrogens with one attached hydrogen (secondary N) is 1. The molecule has 0 spiro atoms. The number of hydrogen-bond acceptors (Lipinski definition) is 4. The maximum Gasteiger partial charge on any atom is 0.279 e. The minimum atomic E-state index is -0.254. The van der Waals surface area contributed by atoms with E-state index in [1.807, 2.05) is 26.0 Å². The number of aryl methyl sites for hydroxylation is 1. The second-order valence-corrected chi connectivity index (χ2v) is 6.61. The van der Waals surface area contributed by atoms with E-state index in [1.54, 1.807) is 55.7 Å². The minimum Gasteiger partial charge on any atom is -0.334 e. The summed E-state index contributed by atoms with van der Waals surface area (Å²) in [6.45, 7) is 7.73. The lowest BCUT2D eigenvalue weighted by atomic mass is 10.2. The van der Waals surface area contributed by atoms with Crippen molar-refractivity contribution in [3.05, 3.63) is 93.7 Å². The van der Waals surface area contributed by atoms with Crippen molar-refractivity contribution in [1.82, 2.24) is 14.3 Å². The van der Waals surface area contributed by atoms with Crippen LogP contribution in [0.4, 0.5) is 11.5 Å². The van der Waals surface area contributed by atoms with E-state index in [4.69, 9.17) is 0 Å². The van der Waals surface area contributed by atoms with Gasteiger partial charge in [0.25, 0.3) is 11.1 Å². The third-order valence-corrected chi connectivity index (χ3v) is 4.22. The summed E-state index contributed by atoms with van der Waals surface area (Å²) in [6.07, 6.45) is 6.93. The lowest BCUT2D eigenvalue weighted by Crippen LogP contribution is -2.24. The van der Waals surface area contributed by atoms with Crippen molar-refractivity contribution in [2.75, 3.05) is 5.32 Å². The van der Waals surface area contributed by atoms with Crippen molar-refractivity contribution < 1.29 is 0 Å². The Labute approximate surface area is 162 Å². The molecule has 0 atom stereocenters. The molecule has 0 fully saturated rings. The molecule has 28 heavy (non-hydrogen) atoms. The van der Waals surface area contributed by atoms with E-state index >= 15 is 0 Å². The largest absolute Gasteiger partial charge is 0.334 e. The van der Waals surface area contributed by atoms with Gasteiger partial charge in [0.15, 0.2) is 5.82 Å². The lowest BCUT2D eigenvalue weighted by molar-refractivity contribution is 0.846. The molecule has 0 aliphatic carbocycles. The van der Waals surface area contributed by atoms with Crippen LogP contribution in [0.3, 0.4) is 0 Å². The first-order valence-electron chi connectivity index (χ1n) is 8.85. The molecule has 3 rings (SSSR count). The third kappa shape index (κ3) is 3.71. The summed E-state index contributed by atoms with van der Waals surface area (Å²) >= 11 is 0. The van der Waals surface area contributed by atoms with E-state index in [9.17, 15) is 9.59 Å². The van der Waals surface area contributed by atoms with Crippen molar-refractivity contribution in [3.8, 4) is 0 Å². The molecule has 0 saturated carbocycles. The van der Waals surface area contributed by atoms with E-state index < -0.39 is 0 Å². The van der Waals surface area contributed by atoms with E-state index in [0.717, 1.165) is 5.57 Å². The molecule has 2 aromatic heterocycles. The number of aromatic nitrogens is 3. The molecule has 0 saturated heterocycles. The van der Waals surface area contributed by atoms with Crippen LogP contribution in [0.1, 0.15) is 13.8 Å². The second kappa shape index (κ2) is 7.92. The van der Waals surface area contributed by atoms with Crippen LogP contribution in [-0.4, -0.2) is 14.3 Å². The van der Waals surface area contributed by atoms with Crippen LogP contribution in [-0.2, 0) is 7.05 Å². The SMILES string of the molecule is C=C/C(=C\C=C(C)C)n1nc(Nc2cccn(C)c2=O)c2ccccc2c1=O. The smallest absolute Gasteiger partial charge is 0.279 e. The second-order valence-electron chi connectivity index (χ2n) is 6.61. The van der Waals surface area contributed by atoms with E-state index in [1.165, 1.54) is 9.25 Å². The number of nitrogens with zero attached hydrogens (tertiary/aromatic N) is 3. The average molecular weight is 374 g/mol.